The zero-order chi connectivity index (χ0) is 12.1. The number of hydrogen-bond donors (Lipinski definition) is 1. The van der Waals surface area contributed by atoms with Gasteiger partial charge < -0.3 is 5.32 Å². The molecule has 0 aliphatic heterocycles. The number of anilines is 1. The maximum Gasteiger partial charge on any atom is 0.227 e. The summed E-state index contributed by atoms with van der Waals surface area (Å²) in [4.78, 5) is 19.3. The zero-order valence-corrected chi connectivity index (χ0v) is 9.63. The monoisotopic (exact) mass is 251 g/mol. The average molecular weight is 252 g/mol. The first-order valence-electron chi connectivity index (χ1n) is 4.99. The fourth-order valence-corrected chi connectivity index (χ4v) is 1.40. The van der Waals surface area contributed by atoms with Gasteiger partial charge in [0.2, 0.25) is 5.91 Å². The second-order valence-corrected chi connectivity index (χ2v) is 3.68. The van der Waals surface area contributed by atoms with Crippen LogP contribution in [0.25, 0.3) is 0 Å². The number of aryl methyl sites for hydroxylation is 1. The van der Waals surface area contributed by atoms with Gasteiger partial charge in [0.15, 0.2) is 5.82 Å². The van der Waals surface area contributed by atoms with E-state index in [0.717, 1.165) is 0 Å². The van der Waals surface area contributed by atoms with E-state index in [9.17, 15) is 4.79 Å². The van der Waals surface area contributed by atoms with Crippen LogP contribution in [0.15, 0.2) is 30.9 Å². The van der Waals surface area contributed by atoms with Gasteiger partial charge in [-0.15, -0.1) is 0 Å². The molecular weight excluding hydrogens is 242 g/mol. The Morgan fingerprint density at radius 1 is 1.47 bits per heavy atom. The molecule has 0 aliphatic rings. The summed E-state index contributed by atoms with van der Waals surface area (Å²) in [5.74, 6) is 0.194. The number of hydrogen-bond acceptors (Lipinski definition) is 4. The van der Waals surface area contributed by atoms with Crippen LogP contribution in [0.2, 0.25) is 5.15 Å². The fraction of sp³-hybridized carbons (Fsp3) is 0.200. The number of carbonyl (C=O) groups excluding carboxylic acids is 1. The lowest BCUT2D eigenvalue weighted by atomic mass is 10.4. The lowest BCUT2D eigenvalue weighted by Gasteiger charge is -2.04. The maximum absolute atomic E-state index is 11.6. The van der Waals surface area contributed by atoms with Crippen molar-refractivity contribution in [1.82, 2.24) is 19.7 Å². The normalized spacial score (nSPS) is 10.2. The van der Waals surface area contributed by atoms with Crippen LogP contribution >= 0.6 is 11.6 Å². The molecule has 2 aromatic heterocycles. The summed E-state index contributed by atoms with van der Waals surface area (Å²) in [6.45, 7) is 0.521. The van der Waals surface area contributed by atoms with Crippen LogP contribution in [-0.4, -0.2) is 25.7 Å². The Balaban J connectivity index is 1.85. The van der Waals surface area contributed by atoms with Crippen molar-refractivity contribution in [2.24, 2.45) is 0 Å². The third kappa shape index (κ3) is 3.53. The molecule has 1 amide bonds. The van der Waals surface area contributed by atoms with Gasteiger partial charge in [0.25, 0.3) is 0 Å². The zero-order valence-electron chi connectivity index (χ0n) is 8.88. The van der Waals surface area contributed by atoms with Gasteiger partial charge in [-0.1, -0.05) is 11.6 Å². The Morgan fingerprint density at radius 2 is 2.35 bits per heavy atom. The quantitative estimate of drug-likeness (QED) is 0.890. The molecule has 0 atom stereocenters. The topological polar surface area (TPSA) is 72.7 Å². The highest BCUT2D eigenvalue weighted by molar-refractivity contribution is 6.29. The van der Waals surface area contributed by atoms with E-state index in [4.69, 9.17) is 11.6 Å². The molecule has 2 heterocycles. The Kier molecular flexibility index (Phi) is 3.66. The van der Waals surface area contributed by atoms with Crippen LogP contribution in [-0.2, 0) is 11.3 Å². The second-order valence-electron chi connectivity index (χ2n) is 3.29. The predicted molar refractivity (Wildman–Crippen MR) is 62.5 cm³/mol. The van der Waals surface area contributed by atoms with Gasteiger partial charge in [0.05, 0.1) is 12.4 Å². The van der Waals surface area contributed by atoms with Crippen LogP contribution in [0.4, 0.5) is 5.82 Å². The Labute approximate surface area is 103 Å². The van der Waals surface area contributed by atoms with Crippen molar-refractivity contribution in [3.63, 3.8) is 0 Å². The molecule has 88 valence electrons. The molecule has 0 aliphatic carbocycles. The fourth-order valence-electron chi connectivity index (χ4n) is 1.26. The number of halogens is 1. The molecule has 0 bridgehead atoms. The maximum atomic E-state index is 11.6. The molecule has 7 heteroatoms. The Hall–Kier alpha value is -1.95. The van der Waals surface area contributed by atoms with Crippen LogP contribution in [0.5, 0.6) is 0 Å². The van der Waals surface area contributed by atoms with E-state index in [1.165, 1.54) is 12.4 Å². The summed E-state index contributed by atoms with van der Waals surface area (Å²) in [5, 5.41) is 6.85. The SMILES string of the molecule is O=C(CCn1cccn1)Nc1cncc(Cl)n1. The van der Waals surface area contributed by atoms with Gasteiger partial charge in [0, 0.05) is 25.4 Å². The third-order valence-electron chi connectivity index (χ3n) is 2.00. The minimum Gasteiger partial charge on any atom is -0.309 e. The smallest absolute Gasteiger partial charge is 0.227 e. The summed E-state index contributed by atoms with van der Waals surface area (Å²) in [6, 6.07) is 1.81. The minimum absolute atomic E-state index is 0.155. The van der Waals surface area contributed by atoms with Gasteiger partial charge >= 0.3 is 0 Å². The van der Waals surface area contributed by atoms with Gasteiger partial charge in [-0.2, -0.15) is 5.10 Å². The molecule has 1 N–H and O–H groups in total. The number of rotatable bonds is 4. The molecule has 0 unspecified atom stereocenters. The highest BCUT2D eigenvalue weighted by Gasteiger charge is 2.04. The van der Waals surface area contributed by atoms with Crippen LogP contribution in [0.1, 0.15) is 6.42 Å². The average Bonchev–Trinajstić information content (AvgIpc) is 2.79. The van der Waals surface area contributed by atoms with Crippen molar-refractivity contribution in [1.29, 1.82) is 0 Å². The van der Waals surface area contributed by atoms with E-state index in [0.29, 0.717) is 18.8 Å². The number of nitrogens with one attached hydrogen (secondary N) is 1. The molecule has 0 radical (unpaired) electrons. The number of nitrogens with zero attached hydrogens (tertiary/aromatic N) is 4. The van der Waals surface area contributed by atoms with Crippen LogP contribution < -0.4 is 5.32 Å². The van der Waals surface area contributed by atoms with Gasteiger partial charge in [-0.05, 0) is 6.07 Å². The van der Waals surface area contributed by atoms with E-state index in [-0.39, 0.29) is 11.1 Å². The molecular formula is C10H10ClN5O. The molecule has 0 aromatic carbocycles. The summed E-state index contributed by atoms with van der Waals surface area (Å²) in [7, 11) is 0. The Morgan fingerprint density at radius 3 is 3.06 bits per heavy atom. The van der Waals surface area contributed by atoms with Crippen molar-refractivity contribution in [2.75, 3.05) is 5.32 Å². The molecule has 0 saturated carbocycles. The van der Waals surface area contributed by atoms with Gasteiger partial charge in [-0.3, -0.25) is 14.5 Å². The van der Waals surface area contributed by atoms with E-state index < -0.39 is 0 Å². The number of carbonyl (C=O) groups is 1. The highest BCUT2D eigenvalue weighted by atomic mass is 35.5. The summed E-state index contributed by atoms with van der Waals surface area (Å²) < 4.78 is 1.68. The largest absolute Gasteiger partial charge is 0.309 e. The molecule has 0 saturated heterocycles. The molecule has 2 rings (SSSR count). The standard InChI is InChI=1S/C10H10ClN5O/c11-8-6-12-7-9(14-8)15-10(17)2-5-16-4-1-3-13-16/h1,3-4,6-7H,2,5H2,(H,14,15,17). The summed E-state index contributed by atoms with van der Waals surface area (Å²) in [5.41, 5.74) is 0. The van der Waals surface area contributed by atoms with Crippen molar-refractivity contribution >= 4 is 23.3 Å². The van der Waals surface area contributed by atoms with Crippen molar-refractivity contribution < 1.29 is 4.79 Å². The lowest BCUT2D eigenvalue weighted by molar-refractivity contribution is -0.116. The first-order chi connectivity index (χ1) is 8.24. The second kappa shape index (κ2) is 5.40. The number of aromatic nitrogens is 4. The lowest BCUT2D eigenvalue weighted by Crippen LogP contribution is -2.15. The van der Waals surface area contributed by atoms with Crippen molar-refractivity contribution in [2.45, 2.75) is 13.0 Å². The van der Waals surface area contributed by atoms with Crippen molar-refractivity contribution in [3.05, 3.63) is 36.0 Å². The first kappa shape index (κ1) is 11.5. The van der Waals surface area contributed by atoms with E-state index in [2.05, 4.69) is 20.4 Å². The molecule has 2 aromatic rings. The van der Waals surface area contributed by atoms with E-state index in [1.54, 1.807) is 23.1 Å². The van der Waals surface area contributed by atoms with Gasteiger partial charge in [-0.25, -0.2) is 4.98 Å². The third-order valence-corrected chi connectivity index (χ3v) is 2.18. The molecule has 6 nitrogen and oxygen atoms in total. The first-order valence-corrected chi connectivity index (χ1v) is 5.36. The van der Waals surface area contributed by atoms with E-state index >= 15 is 0 Å². The molecule has 0 spiro atoms. The van der Waals surface area contributed by atoms with Gasteiger partial charge in [0.1, 0.15) is 5.15 Å². The minimum atomic E-state index is -0.155. The number of amides is 1. The summed E-state index contributed by atoms with van der Waals surface area (Å²) in [6.07, 6.45) is 6.63. The summed E-state index contributed by atoms with van der Waals surface area (Å²) >= 11 is 5.65. The highest BCUT2D eigenvalue weighted by Crippen LogP contribution is 2.06. The van der Waals surface area contributed by atoms with Crippen LogP contribution in [0, 0.1) is 0 Å². The Bertz CT molecular complexity index is 499. The van der Waals surface area contributed by atoms with Crippen molar-refractivity contribution in [3.8, 4) is 0 Å². The molecule has 0 fully saturated rings. The predicted octanol–water partition coefficient (Wildman–Crippen LogP) is 1.36. The molecule has 17 heavy (non-hydrogen) atoms. The van der Waals surface area contributed by atoms with E-state index in [1.807, 2.05) is 0 Å². The van der Waals surface area contributed by atoms with Crippen LogP contribution in [0.3, 0.4) is 0 Å².